The summed E-state index contributed by atoms with van der Waals surface area (Å²) in [5, 5.41) is 3.22. The number of esters is 1. The van der Waals surface area contributed by atoms with E-state index >= 15 is 0 Å². The highest BCUT2D eigenvalue weighted by atomic mass is 32.1. The van der Waals surface area contributed by atoms with E-state index in [0.717, 1.165) is 29.9 Å². The first-order chi connectivity index (χ1) is 14.7. The number of fused-ring (bicyclic) bond motifs is 1. The molecule has 1 aromatic carbocycles. The molecule has 0 spiro atoms. The van der Waals surface area contributed by atoms with Gasteiger partial charge in [0.1, 0.15) is 5.00 Å². The predicted octanol–water partition coefficient (Wildman–Crippen LogP) is 3.71. The molecule has 1 N–H and O–H groups in total. The third-order valence-corrected chi connectivity index (χ3v) is 6.65. The quantitative estimate of drug-likeness (QED) is 0.689. The molecular formula is C23H29N3O4S. The molecule has 1 atom stereocenters. The first-order valence-corrected chi connectivity index (χ1v) is 11.2. The van der Waals surface area contributed by atoms with Crippen LogP contribution in [0.1, 0.15) is 51.4 Å². The van der Waals surface area contributed by atoms with Crippen LogP contribution in [0.4, 0.5) is 10.7 Å². The Balaban J connectivity index is 1.88. The van der Waals surface area contributed by atoms with Gasteiger partial charge in [-0.3, -0.25) is 9.59 Å². The van der Waals surface area contributed by atoms with Crippen molar-refractivity contribution in [1.29, 1.82) is 0 Å². The van der Waals surface area contributed by atoms with Crippen molar-refractivity contribution < 1.29 is 19.1 Å². The van der Waals surface area contributed by atoms with Gasteiger partial charge in [0.05, 0.1) is 23.6 Å². The fourth-order valence-corrected chi connectivity index (χ4v) is 5.01. The summed E-state index contributed by atoms with van der Waals surface area (Å²) >= 11 is 1.11. The number of amides is 2. The Hall–Kier alpha value is -2.87. The maximum absolute atomic E-state index is 13.0. The second kappa shape index (κ2) is 9.51. The van der Waals surface area contributed by atoms with E-state index in [1.165, 1.54) is 10.5 Å². The monoisotopic (exact) mass is 443 g/mol. The van der Waals surface area contributed by atoms with Gasteiger partial charge in [-0.1, -0.05) is 18.2 Å². The minimum atomic E-state index is -0.541. The van der Waals surface area contributed by atoms with Gasteiger partial charge in [-0.2, -0.15) is 0 Å². The number of ether oxygens (including phenoxy) is 1. The molecule has 0 bridgehead atoms. The van der Waals surface area contributed by atoms with Crippen molar-refractivity contribution in [3.05, 3.63) is 45.8 Å². The molecule has 0 saturated carbocycles. The zero-order valence-corrected chi connectivity index (χ0v) is 19.5. The highest BCUT2D eigenvalue weighted by Crippen LogP contribution is 2.35. The first-order valence-electron chi connectivity index (χ1n) is 10.4. The van der Waals surface area contributed by atoms with Crippen LogP contribution in [-0.4, -0.2) is 56.0 Å². The van der Waals surface area contributed by atoms with Crippen molar-refractivity contribution in [1.82, 2.24) is 4.90 Å². The lowest BCUT2D eigenvalue weighted by atomic mass is 9.96. The number of nitrogens with zero attached hydrogens (tertiary/aromatic N) is 2. The van der Waals surface area contributed by atoms with Crippen LogP contribution in [0.15, 0.2) is 24.3 Å². The van der Waals surface area contributed by atoms with Crippen LogP contribution < -0.4 is 10.2 Å². The molecule has 0 radical (unpaired) electrons. The number of carbonyl (C=O) groups is 3. The van der Waals surface area contributed by atoms with E-state index in [1.54, 1.807) is 27.9 Å². The molecule has 2 amide bonds. The molecule has 2 aromatic rings. The lowest BCUT2D eigenvalue weighted by Gasteiger charge is -2.36. The Labute approximate surface area is 187 Å². The summed E-state index contributed by atoms with van der Waals surface area (Å²) < 4.78 is 5.18. The average molecular weight is 444 g/mol. The van der Waals surface area contributed by atoms with E-state index in [4.69, 9.17) is 4.74 Å². The molecule has 1 aliphatic heterocycles. The van der Waals surface area contributed by atoms with Gasteiger partial charge in [0.2, 0.25) is 5.91 Å². The Morgan fingerprint density at radius 2 is 1.97 bits per heavy atom. The summed E-state index contributed by atoms with van der Waals surface area (Å²) in [4.78, 5) is 42.1. The van der Waals surface area contributed by atoms with Crippen molar-refractivity contribution in [2.75, 3.05) is 37.5 Å². The highest BCUT2D eigenvalue weighted by molar-refractivity contribution is 7.18. The van der Waals surface area contributed by atoms with E-state index in [0.29, 0.717) is 15.4 Å². The van der Waals surface area contributed by atoms with Gasteiger partial charge in [0.15, 0.2) is 0 Å². The van der Waals surface area contributed by atoms with Crippen LogP contribution in [0, 0.1) is 6.92 Å². The Bertz CT molecular complexity index is 999. The largest absolute Gasteiger partial charge is 0.462 e. The van der Waals surface area contributed by atoms with Crippen molar-refractivity contribution in [2.24, 2.45) is 0 Å². The zero-order chi connectivity index (χ0) is 22.7. The number of hydrogen-bond donors (Lipinski definition) is 1. The van der Waals surface area contributed by atoms with Crippen molar-refractivity contribution >= 4 is 39.8 Å². The van der Waals surface area contributed by atoms with E-state index in [2.05, 4.69) is 23.2 Å². The summed E-state index contributed by atoms with van der Waals surface area (Å²) in [6, 6.07) is 8.33. The molecule has 0 saturated heterocycles. The fraction of sp³-hybridized carbons (Fsp3) is 0.435. The minimum absolute atomic E-state index is 0.161. The number of rotatable bonds is 6. The van der Waals surface area contributed by atoms with Crippen LogP contribution >= 0.6 is 11.3 Å². The van der Waals surface area contributed by atoms with E-state index in [9.17, 15) is 14.4 Å². The third-order valence-electron chi connectivity index (χ3n) is 5.46. The summed E-state index contributed by atoms with van der Waals surface area (Å²) in [5.41, 5.74) is 3.06. The molecule has 0 aliphatic carbocycles. The van der Waals surface area contributed by atoms with Gasteiger partial charge in [-0.05, 0) is 50.8 Å². The van der Waals surface area contributed by atoms with E-state index in [1.807, 2.05) is 18.2 Å². The van der Waals surface area contributed by atoms with Crippen LogP contribution in [0.5, 0.6) is 0 Å². The Morgan fingerprint density at radius 1 is 1.26 bits per heavy atom. The first kappa shape index (κ1) is 22.8. The Morgan fingerprint density at radius 3 is 2.65 bits per heavy atom. The number of thiophene rings is 1. The van der Waals surface area contributed by atoms with Gasteiger partial charge < -0.3 is 19.9 Å². The maximum atomic E-state index is 13.0. The molecule has 7 nitrogen and oxygen atoms in total. The van der Waals surface area contributed by atoms with Gasteiger partial charge in [-0.25, -0.2) is 4.79 Å². The van der Waals surface area contributed by atoms with Crippen LogP contribution in [-0.2, 0) is 16.0 Å². The molecular weight excluding hydrogens is 414 g/mol. The topological polar surface area (TPSA) is 79.0 Å². The van der Waals surface area contributed by atoms with E-state index in [-0.39, 0.29) is 36.6 Å². The number of carbonyl (C=O) groups excluding carboxylic acids is 3. The van der Waals surface area contributed by atoms with Crippen molar-refractivity contribution in [3.8, 4) is 0 Å². The normalized spacial score (nSPS) is 15.3. The molecule has 1 aliphatic rings. The van der Waals surface area contributed by atoms with Gasteiger partial charge in [0, 0.05) is 25.8 Å². The molecule has 166 valence electrons. The van der Waals surface area contributed by atoms with Gasteiger partial charge in [0.25, 0.3) is 5.91 Å². The number of anilines is 2. The predicted molar refractivity (Wildman–Crippen MR) is 123 cm³/mol. The zero-order valence-electron chi connectivity index (χ0n) is 18.7. The van der Waals surface area contributed by atoms with Crippen molar-refractivity contribution in [2.45, 2.75) is 39.7 Å². The summed E-state index contributed by atoms with van der Waals surface area (Å²) in [6.07, 6.45) is 1.96. The van der Waals surface area contributed by atoms with Crippen LogP contribution in [0.3, 0.4) is 0 Å². The Kier molecular flexibility index (Phi) is 7.00. The lowest BCUT2D eigenvalue weighted by molar-refractivity contribution is -0.115. The standard InChI is InChI=1S/C23H29N3O4S/c1-6-30-23(29)19-15(3)20(22(28)25(4)5)31-21(19)24-18(27)13-26-14(2)11-12-16-9-7-8-10-17(16)26/h7-10,14H,6,11-13H2,1-5H3,(H,24,27)/t14-/m0/s1. The van der Waals surface area contributed by atoms with E-state index < -0.39 is 5.97 Å². The van der Waals surface area contributed by atoms with Crippen LogP contribution in [0.2, 0.25) is 0 Å². The number of hydrogen-bond acceptors (Lipinski definition) is 6. The summed E-state index contributed by atoms with van der Waals surface area (Å²) in [6.45, 7) is 5.91. The second-order valence-electron chi connectivity index (χ2n) is 7.87. The molecule has 3 rings (SSSR count). The smallest absolute Gasteiger partial charge is 0.341 e. The summed E-state index contributed by atoms with van der Waals surface area (Å²) in [5.74, 6) is -0.993. The summed E-state index contributed by atoms with van der Waals surface area (Å²) in [7, 11) is 3.30. The molecule has 31 heavy (non-hydrogen) atoms. The second-order valence-corrected chi connectivity index (χ2v) is 8.89. The third kappa shape index (κ3) is 4.74. The van der Waals surface area contributed by atoms with Gasteiger partial charge in [-0.15, -0.1) is 11.3 Å². The maximum Gasteiger partial charge on any atom is 0.341 e. The SMILES string of the molecule is CCOC(=O)c1c(NC(=O)CN2c3ccccc3CC[C@@H]2C)sc(C(=O)N(C)C)c1C. The minimum Gasteiger partial charge on any atom is -0.462 e. The molecule has 1 aromatic heterocycles. The number of nitrogens with one attached hydrogen (secondary N) is 1. The lowest BCUT2D eigenvalue weighted by Crippen LogP contribution is -2.42. The molecule has 2 heterocycles. The van der Waals surface area contributed by atoms with Gasteiger partial charge >= 0.3 is 5.97 Å². The van der Waals surface area contributed by atoms with Crippen LogP contribution in [0.25, 0.3) is 0 Å². The fourth-order valence-electron chi connectivity index (χ4n) is 3.78. The number of para-hydroxylation sites is 1. The average Bonchev–Trinajstić information content (AvgIpc) is 3.05. The number of aryl methyl sites for hydroxylation is 1. The van der Waals surface area contributed by atoms with Crippen molar-refractivity contribution in [3.63, 3.8) is 0 Å². The molecule has 8 heteroatoms. The number of benzene rings is 1. The molecule has 0 fully saturated rings. The highest BCUT2D eigenvalue weighted by Gasteiger charge is 2.29. The molecule has 0 unspecified atom stereocenters.